The number of nitrogens with zero attached hydrogens (tertiary/aromatic N) is 1. The van der Waals surface area contributed by atoms with E-state index >= 15 is 0 Å². The molecule has 3 rings (SSSR count). The summed E-state index contributed by atoms with van der Waals surface area (Å²) in [6, 6.07) is 15.0. The van der Waals surface area contributed by atoms with Gasteiger partial charge in [-0.25, -0.2) is 8.42 Å². The molecule has 0 aromatic heterocycles. The van der Waals surface area contributed by atoms with E-state index in [9.17, 15) is 13.2 Å². The van der Waals surface area contributed by atoms with Crippen LogP contribution in [0.2, 0.25) is 0 Å². The average molecular weight is 430 g/mol. The zero-order valence-corrected chi connectivity index (χ0v) is 19.0. The van der Waals surface area contributed by atoms with Crippen molar-refractivity contribution in [2.75, 3.05) is 18.1 Å². The zero-order valence-electron chi connectivity index (χ0n) is 18.2. The van der Waals surface area contributed by atoms with Crippen LogP contribution >= 0.6 is 0 Å². The van der Waals surface area contributed by atoms with Gasteiger partial charge in [-0.15, -0.1) is 0 Å². The molecule has 5 nitrogen and oxygen atoms in total. The van der Waals surface area contributed by atoms with Gasteiger partial charge in [0.15, 0.2) is 9.84 Å². The van der Waals surface area contributed by atoms with Gasteiger partial charge in [0.25, 0.3) is 5.91 Å². The van der Waals surface area contributed by atoms with Gasteiger partial charge in [-0.3, -0.25) is 4.79 Å². The summed E-state index contributed by atoms with van der Waals surface area (Å²) in [5.74, 6) is 0.714. The Balaban J connectivity index is 1.86. The molecule has 1 amide bonds. The molecule has 6 heteroatoms. The van der Waals surface area contributed by atoms with Crippen molar-refractivity contribution in [1.29, 1.82) is 0 Å². The first-order valence-electron chi connectivity index (χ1n) is 10.4. The molecule has 0 spiro atoms. The van der Waals surface area contributed by atoms with E-state index in [0.717, 1.165) is 5.56 Å². The Hall–Kier alpha value is -2.34. The maximum absolute atomic E-state index is 13.3. The topological polar surface area (TPSA) is 63.7 Å². The Bertz CT molecular complexity index is 973. The number of ether oxygens (including phenoxy) is 1. The summed E-state index contributed by atoms with van der Waals surface area (Å²) in [5, 5.41) is 0. The summed E-state index contributed by atoms with van der Waals surface area (Å²) in [6.45, 7) is 9.33. The van der Waals surface area contributed by atoms with Crippen LogP contribution in [0.4, 0.5) is 0 Å². The summed E-state index contributed by atoms with van der Waals surface area (Å²) < 4.78 is 29.6. The molecule has 1 unspecified atom stereocenters. The monoisotopic (exact) mass is 429 g/mol. The molecule has 1 aliphatic heterocycles. The molecule has 0 aliphatic carbocycles. The Morgan fingerprint density at radius 2 is 1.70 bits per heavy atom. The highest BCUT2D eigenvalue weighted by molar-refractivity contribution is 7.91. The lowest BCUT2D eigenvalue weighted by Gasteiger charge is -2.29. The molecule has 1 saturated heterocycles. The lowest BCUT2D eigenvalue weighted by atomic mass is 9.86. The fraction of sp³-hybridized carbons (Fsp3) is 0.458. The molecule has 1 fully saturated rings. The first-order chi connectivity index (χ1) is 14.1. The van der Waals surface area contributed by atoms with Gasteiger partial charge in [-0.1, -0.05) is 45.0 Å². The molecule has 1 atom stereocenters. The predicted octanol–water partition coefficient (Wildman–Crippen LogP) is 4.21. The van der Waals surface area contributed by atoms with Crippen LogP contribution in [-0.2, 0) is 21.8 Å². The number of rotatable bonds is 6. The summed E-state index contributed by atoms with van der Waals surface area (Å²) in [7, 11) is -3.10. The Labute approximate surface area is 180 Å². The number of hydrogen-bond acceptors (Lipinski definition) is 4. The van der Waals surface area contributed by atoms with Gasteiger partial charge < -0.3 is 9.64 Å². The molecule has 1 aliphatic rings. The summed E-state index contributed by atoms with van der Waals surface area (Å²) in [6.07, 6.45) is 0.477. The quantitative estimate of drug-likeness (QED) is 0.690. The van der Waals surface area contributed by atoms with E-state index in [2.05, 4.69) is 32.9 Å². The van der Waals surface area contributed by atoms with Crippen molar-refractivity contribution >= 4 is 15.7 Å². The maximum atomic E-state index is 13.3. The normalized spacial score (nSPS) is 18.2. The second-order valence-electron chi connectivity index (χ2n) is 8.89. The van der Waals surface area contributed by atoms with Gasteiger partial charge in [-0.2, -0.15) is 0 Å². The van der Waals surface area contributed by atoms with E-state index in [0.29, 0.717) is 30.9 Å². The van der Waals surface area contributed by atoms with Crippen LogP contribution in [0, 0.1) is 0 Å². The number of amides is 1. The number of carbonyl (C=O) groups is 1. The maximum Gasteiger partial charge on any atom is 0.254 e. The molecule has 30 heavy (non-hydrogen) atoms. The highest BCUT2D eigenvalue weighted by Gasteiger charge is 2.35. The van der Waals surface area contributed by atoms with Crippen LogP contribution in [0.25, 0.3) is 0 Å². The Morgan fingerprint density at radius 3 is 2.20 bits per heavy atom. The van der Waals surface area contributed by atoms with Crippen LogP contribution in [0.3, 0.4) is 0 Å². The summed E-state index contributed by atoms with van der Waals surface area (Å²) >= 11 is 0. The highest BCUT2D eigenvalue weighted by atomic mass is 32.2. The van der Waals surface area contributed by atoms with Crippen LogP contribution in [-0.4, -0.2) is 43.4 Å². The Kier molecular flexibility index (Phi) is 6.56. The van der Waals surface area contributed by atoms with Crippen LogP contribution < -0.4 is 4.74 Å². The molecule has 0 radical (unpaired) electrons. The van der Waals surface area contributed by atoms with Crippen LogP contribution in [0.15, 0.2) is 48.5 Å². The third kappa shape index (κ3) is 5.42. The van der Waals surface area contributed by atoms with Crippen molar-refractivity contribution in [2.24, 2.45) is 0 Å². The first-order valence-corrected chi connectivity index (χ1v) is 12.2. The first kappa shape index (κ1) is 22.3. The third-order valence-electron chi connectivity index (χ3n) is 5.50. The lowest BCUT2D eigenvalue weighted by Crippen LogP contribution is -2.40. The summed E-state index contributed by atoms with van der Waals surface area (Å²) in [4.78, 5) is 15.0. The van der Waals surface area contributed by atoms with Gasteiger partial charge >= 0.3 is 0 Å². The largest absolute Gasteiger partial charge is 0.494 e. The minimum atomic E-state index is -3.10. The number of sulfone groups is 1. The van der Waals surface area contributed by atoms with Gasteiger partial charge in [-0.05, 0) is 54.2 Å². The van der Waals surface area contributed by atoms with E-state index in [4.69, 9.17) is 4.74 Å². The molecule has 2 aromatic carbocycles. The minimum absolute atomic E-state index is 0.0237. The molecule has 0 bridgehead atoms. The van der Waals surface area contributed by atoms with E-state index in [-0.39, 0.29) is 28.9 Å². The number of hydrogen-bond donors (Lipinski definition) is 0. The van der Waals surface area contributed by atoms with E-state index in [1.54, 1.807) is 29.2 Å². The van der Waals surface area contributed by atoms with Crippen molar-refractivity contribution < 1.29 is 17.9 Å². The average Bonchev–Trinajstić information content (AvgIpc) is 3.05. The highest BCUT2D eigenvalue weighted by Crippen LogP contribution is 2.26. The summed E-state index contributed by atoms with van der Waals surface area (Å²) in [5.41, 5.74) is 2.80. The van der Waals surface area contributed by atoms with Crippen LogP contribution in [0.5, 0.6) is 5.75 Å². The van der Waals surface area contributed by atoms with Crippen molar-refractivity contribution in [3.8, 4) is 5.75 Å². The zero-order chi connectivity index (χ0) is 21.9. The van der Waals surface area contributed by atoms with Gasteiger partial charge in [0.1, 0.15) is 5.75 Å². The predicted molar refractivity (Wildman–Crippen MR) is 120 cm³/mol. The molecule has 0 saturated carbocycles. The van der Waals surface area contributed by atoms with Crippen molar-refractivity contribution in [3.63, 3.8) is 0 Å². The third-order valence-corrected chi connectivity index (χ3v) is 7.25. The van der Waals surface area contributed by atoms with Gasteiger partial charge in [0, 0.05) is 18.2 Å². The lowest BCUT2D eigenvalue weighted by molar-refractivity contribution is 0.0681. The number of carbonyl (C=O) groups excluding carboxylic acids is 1. The second kappa shape index (κ2) is 8.80. The standard InChI is InChI=1S/C24H31NO4S/c1-5-29-22-12-8-19(9-13-22)23(26)25(21-14-15-30(27,28)17-21)16-18-6-10-20(11-7-18)24(2,3)4/h6-13,21H,5,14-17H2,1-4H3. The smallest absolute Gasteiger partial charge is 0.254 e. The minimum Gasteiger partial charge on any atom is -0.494 e. The SMILES string of the molecule is CCOc1ccc(C(=O)N(Cc2ccc(C(C)(C)C)cc2)C2CCS(=O)(=O)C2)cc1. The molecular weight excluding hydrogens is 398 g/mol. The van der Waals surface area contributed by atoms with Crippen molar-refractivity contribution in [3.05, 3.63) is 65.2 Å². The molecule has 162 valence electrons. The van der Waals surface area contributed by atoms with Crippen molar-refractivity contribution in [1.82, 2.24) is 4.90 Å². The second-order valence-corrected chi connectivity index (χ2v) is 11.1. The fourth-order valence-electron chi connectivity index (χ4n) is 3.72. The molecule has 1 heterocycles. The van der Waals surface area contributed by atoms with Crippen LogP contribution in [0.1, 0.15) is 55.6 Å². The van der Waals surface area contributed by atoms with E-state index in [1.807, 2.05) is 19.1 Å². The number of benzene rings is 2. The molecular formula is C24H31NO4S. The van der Waals surface area contributed by atoms with Gasteiger partial charge in [0.05, 0.1) is 18.1 Å². The van der Waals surface area contributed by atoms with E-state index < -0.39 is 9.84 Å². The Morgan fingerprint density at radius 1 is 1.07 bits per heavy atom. The van der Waals surface area contributed by atoms with Gasteiger partial charge in [0.2, 0.25) is 0 Å². The molecule has 2 aromatic rings. The van der Waals surface area contributed by atoms with E-state index in [1.165, 1.54) is 5.56 Å². The van der Waals surface area contributed by atoms with Crippen molar-refractivity contribution in [2.45, 2.75) is 52.1 Å². The fourth-order valence-corrected chi connectivity index (χ4v) is 5.45. The molecule has 0 N–H and O–H groups in total.